The molecule has 1 atom stereocenters. The molecule has 0 aliphatic heterocycles. The summed E-state index contributed by atoms with van der Waals surface area (Å²) in [5.41, 5.74) is 1.89. The summed E-state index contributed by atoms with van der Waals surface area (Å²) in [4.78, 5) is 13.5. The minimum Gasteiger partial charge on any atom is -0.473 e. The van der Waals surface area contributed by atoms with Crippen LogP contribution in [0.3, 0.4) is 0 Å². The Kier molecular flexibility index (Phi) is 6.49. The quantitative estimate of drug-likeness (QED) is 0.291. The Bertz CT molecular complexity index is 1360. The second-order valence-corrected chi connectivity index (χ2v) is 9.94. The van der Waals surface area contributed by atoms with Crippen LogP contribution in [0.5, 0.6) is 5.88 Å². The monoisotopic (exact) mass is 484 g/mol. The smallest absolute Gasteiger partial charge is 0.215 e. The number of benzene rings is 1. The van der Waals surface area contributed by atoms with Gasteiger partial charge in [0, 0.05) is 17.9 Å². The third kappa shape index (κ3) is 4.44. The molecule has 0 spiro atoms. The molecule has 0 N–H and O–H groups in total. The number of aromatic nitrogens is 4. The van der Waals surface area contributed by atoms with Crippen LogP contribution in [0.25, 0.3) is 5.52 Å². The number of fused-ring (bicyclic) bond motifs is 1. The van der Waals surface area contributed by atoms with E-state index in [1.165, 1.54) is 34.1 Å². The summed E-state index contributed by atoms with van der Waals surface area (Å²) in [6, 6.07) is 7.27. The van der Waals surface area contributed by atoms with E-state index in [2.05, 4.69) is 15.3 Å². The molecular weight excluding hydrogens is 458 g/mol. The second kappa shape index (κ2) is 9.21. The molecular formula is C25H26F2N4O2S. The molecule has 0 bridgehead atoms. The Hall–Kier alpha value is -3.20. The molecule has 3 aromatic heterocycles. The zero-order chi connectivity index (χ0) is 24.6. The van der Waals surface area contributed by atoms with E-state index in [0.717, 1.165) is 22.0 Å². The summed E-state index contributed by atoms with van der Waals surface area (Å²) in [6.07, 6.45) is 0.984. The number of pyridine rings is 1. The first-order valence-corrected chi connectivity index (χ1v) is 11.8. The average molecular weight is 485 g/mol. The topological polar surface area (TPSA) is 69.4 Å². The average Bonchev–Trinajstić information content (AvgIpc) is 3.36. The molecule has 0 saturated heterocycles. The fraction of sp³-hybridized carbons (Fsp3) is 0.360. The van der Waals surface area contributed by atoms with Crippen LogP contribution < -0.4 is 4.74 Å². The van der Waals surface area contributed by atoms with Gasteiger partial charge in [0.1, 0.15) is 28.3 Å². The predicted molar refractivity (Wildman–Crippen MR) is 127 cm³/mol. The van der Waals surface area contributed by atoms with Crippen LogP contribution in [0, 0.1) is 32.4 Å². The fourth-order valence-corrected chi connectivity index (χ4v) is 4.86. The summed E-state index contributed by atoms with van der Waals surface area (Å²) in [5.74, 6) is -1.11. The lowest BCUT2D eigenvalue weighted by Gasteiger charge is -2.24. The van der Waals surface area contributed by atoms with E-state index in [0.29, 0.717) is 22.7 Å². The van der Waals surface area contributed by atoms with Crippen molar-refractivity contribution in [2.24, 2.45) is 0 Å². The number of halogens is 2. The van der Waals surface area contributed by atoms with Crippen molar-refractivity contribution in [1.82, 2.24) is 19.8 Å². The van der Waals surface area contributed by atoms with Gasteiger partial charge in [0.05, 0.1) is 22.3 Å². The van der Waals surface area contributed by atoms with Crippen LogP contribution in [0.1, 0.15) is 63.9 Å². The largest absolute Gasteiger partial charge is 0.473 e. The number of carbonyl (C=O) groups excluding carboxylic acids is 1. The number of nitrogens with zero attached hydrogens (tertiary/aromatic N) is 4. The first-order valence-electron chi connectivity index (χ1n) is 11.0. The van der Waals surface area contributed by atoms with Gasteiger partial charge in [-0.1, -0.05) is 19.9 Å². The highest BCUT2D eigenvalue weighted by molar-refractivity contribution is 7.11. The Morgan fingerprint density at radius 2 is 1.85 bits per heavy atom. The Morgan fingerprint density at radius 1 is 1.15 bits per heavy atom. The molecule has 0 amide bonds. The lowest BCUT2D eigenvalue weighted by atomic mass is 9.81. The first-order chi connectivity index (χ1) is 16.1. The van der Waals surface area contributed by atoms with Crippen LogP contribution in [-0.2, 0) is 12.0 Å². The first kappa shape index (κ1) is 23.9. The molecule has 0 aliphatic carbocycles. The highest BCUT2D eigenvalue weighted by Gasteiger charge is 2.33. The van der Waals surface area contributed by atoms with Crippen molar-refractivity contribution in [2.45, 2.75) is 59.5 Å². The Balaban J connectivity index is 1.69. The molecule has 3 heterocycles. The van der Waals surface area contributed by atoms with E-state index in [9.17, 15) is 13.6 Å². The zero-order valence-electron chi connectivity index (χ0n) is 19.8. The molecule has 34 heavy (non-hydrogen) atoms. The number of hydrogen-bond donors (Lipinski definition) is 0. The fourth-order valence-electron chi connectivity index (χ4n) is 3.96. The van der Waals surface area contributed by atoms with E-state index in [1.807, 2.05) is 33.8 Å². The summed E-state index contributed by atoms with van der Waals surface area (Å²) in [7, 11) is 0. The third-order valence-electron chi connectivity index (χ3n) is 6.10. The number of hydrogen-bond acceptors (Lipinski definition) is 6. The molecule has 9 heteroatoms. The Morgan fingerprint density at radius 3 is 2.47 bits per heavy atom. The lowest BCUT2D eigenvalue weighted by Crippen LogP contribution is -2.25. The van der Waals surface area contributed by atoms with Crippen molar-refractivity contribution in [3.05, 3.63) is 74.4 Å². The molecule has 6 nitrogen and oxygen atoms in total. The van der Waals surface area contributed by atoms with Crippen molar-refractivity contribution in [1.29, 1.82) is 0 Å². The van der Waals surface area contributed by atoms with Crippen molar-refractivity contribution in [3.63, 3.8) is 0 Å². The van der Waals surface area contributed by atoms with Crippen molar-refractivity contribution in [2.75, 3.05) is 0 Å². The van der Waals surface area contributed by atoms with E-state index >= 15 is 0 Å². The van der Waals surface area contributed by atoms with E-state index in [-0.39, 0.29) is 24.4 Å². The second-order valence-electron chi connectivity index (χ2n) is 8.76. The minimum absolute atomic E-state index is 0.0543. The number of ketones is 1. The van der Waals surface area contributed by atoms with E-state index in [4.69, 9.17) is 4.74 Å². The summed E-state index contributed by atoms with van der Waals surface area (Å²) < 4.78 is 35.4. The van der Waals surface area contributed by atoms with Crippen molar-refractivity contribution in [3.8, 4) is 5.88 Å². The molecule has 0 unspecified atom stereocenters. The van der Waals surface area contributed by atoms with Crippen LogP contribution in [-0.4, -0.2) is 25.6 Å². The van der Waals surface area contributed by atoms with Gasteiger partial charge in [-0.2, -0.15) is 5.10 Å². The van der Waals surface area contributed by atoms with Crippen LogP contribution in [0.4, 0.5) is 8.78 Å². The summed E-state index contributed by atoms with van der Waals surface area (Å²) >= 11 is 1.50. The molecule has 1 aromatic carbocycles. The van der Waals surface area contributed by atoms with Gasteiger partial charge in [0.25, 0.3) is 0 Å². The minimum atomic E-state index is -0.679. The maximum Gasteiger partial charge on any atom is 0.215 e. The Labute approximate surface area is 200 Å². The van der Waals surface area contributed by atoms with Gasteiger partial charge in [-0.25, -0.2) is 13.3 Å². The van der Waals surface area contributed by atoms with Crippen molar-refractivity contribution < 1.29 is 18.3 Å². The van der Waals surface area contributed by atoms with Gasteiger partial charge < -0.3 is 4.74 Å². The number of carbonyl (C=O) groups is 1. The maximum absolute atomic E-state index is 14.1. The standard InChI is InChI=1S/C25H26F2N4O2S/c1-6-25(5,24-29-28-16(4)34-24)12-21(32)23-15(3)30-31-20(23)10-14(2)11-22(31)33-13-17-18(26)8-7-9-19(17)27/h7-11H,6,12-13H2,1-5H3/t25-/m1/s1. The predicted octanol–water partition coefficient (Wildman–Crippen LogP) is 5.91. The van der Waals surface area contributed by atoms with Gasteiger partial charge in [-0.05, 0) is 51.0 Å². The summed E-state index contributed by atoms with van der Waals surface area (Å²) in [6.45, 7) is 9.29. The normalized spacial score (nSPS) is 13.3. The molecule has 4 rings (SSSR count). The van der Waals surface area contributed by atoms with Gasteiger partial charge in [0.2, 0.25) is 5.88 Å². The molecule has 0 aliphatic rings. The number of ether oxygens (including phenoxy) is 1. The molecule has 0 radical (unpaired) electrons. The van der Waals surface area contributed by atoms with Gasteiger partial charge in [-0.3, -0.25) is 4.79 Å². The highest BCUT2D eigenvalue weighted by atomic mass is 32.1. The highest BCUT2D eigenvalue weighted by Crippen LogP contribution is 2.36. The molecule has 0 saturated carbocycles. The van der Waals surface area contributed by atoms with E-state index in [1.54, 1.807) is 13.0 Å². The lowest BCUT2D eigenvalue weighted by molar-refractivity contribution is 0.0952. The van der Waals surface area contributed by atoms with Crippen LogP contribution >= 0.6 is 11.3 Å². The number of Topliss-reactive ketones (excluding diaryl/α,β-unsaturated/α-hetero) is 1. The third-order valence-corrected chi connectivity index (χ3v) is 7.24. The van der Waals surface area contributed by atoms with Crippen LogP contribution in [0.2, 0.25) is 0 Å². The summed E-state index contributed by atoms with van der Waals surface area (Å²) in [5, 5.41) is 14.6. The molecule has 4 aromatic rings. The SMILES string of the molecule is CC[C@](C)(CC(=O)c1c(C)nn2c(OCc3c(F)cccc3F)cc(C)cc12)c1nnc(C)s1. The van der Waals surface area contributed by atoms with Gasteiger partial charge >= 0.3 is 0 Å². The zero-order valence-corrected chi connectivity index (χ0v) is 20.6. The maximum atomic E-state index is 14.1. The van der Waals surface area contributed by atoms with Gasteiger partial charge in [-0.15, -0.1) is 21.5 Å². The molecule has 0 fully saturated rings. The number of aryl methyl sites for hydroxylation is 3. The van der Waals surface area contributed by atoms with Gasteiger partial charge in [0.15, 0.2) is 5.78 Å². The van der Waals surface area contributed by atoms with Crippen LogP contribution in [0.15, 0.2) is 30.3 Å². The molecule has 178 valence electrons. The van der Waals surface area contributed by atoms with Crippen molar-refractivity contribution >= 4 is 22.6 Å². The van der Waals surface area contributed by atoms with E-state index < -0.39 is 17.0 Å². The number of rotatable bonds is 8.